The molecule has 0 spiro atoms. The Morgan fingerprint density at radius 2 is 2.31 bits per heavy atom. The first kappa shape index (κ1) is 11.0. The molecule has 78 valence electrons. The van der Waals surface area contributed by atoms with E-state index in [1.165, 1.54) is 0 Å². The zero-order valence-electron chi connectivity index (χ0n) is 8.75. The summed E-state index contributed by atoms with van der Waals surface area (Å²) in [6, 6.07) is 0. The van der Waals surface area contributed by atoms with E-state index in [9.17, 15) is 5.11 Å². The highest BCUT2D eigenvalue weighted by Crippen LogP contribution is 2.28. The van der Waals surface area contributed by atoms with Crippen LogP contribution in [0.5, 0.6) is 0 Å². The molecule has 2 unspecified atom stereocenters. The van der Waals surface area contributed by atoms with Crippen LogP contribution in [-0.4, -0.2) is 37.1 Å². The van der Waals surface area contributed by atoms with Crippen LogP contribution in [0, 0.1) is 5.92 Å². The van der Waals surface area contributed by atoms with Crippen molar-refractivity contribution < 1.29 is 14.6 Å². The first-order valence-corrected chi connectivity index (χ1v) is 4.90. The van der Waals surface area contributed by atoms with Gasteiger partial charge in [-0.25, -0.2) is 0 Å². The van der Waals surface area contributed by atoms with Gasteiger partial charge in [0.15, 0.2) is 0 Å². The molecule has 13 heavy (non-hydrogen) atoms. The maximum absolute atomic E-state index is 10.1. The van der Waals surface area contributed by atoms with E-state index in [2.05, 4.69) is 13.8 Å². The first-order valence-electron chi connectivity index (χ1n) is 4.90. The molecule has 1 N–H and O–H groups in total. The zero-order valence-corrected chi connectivity index (χ0v) is 8.75. The number of hydrogen-bond donors (Lipinski definition) is 1. The van der Waals surface area contributed by atoms with Gasteiger partial charge in [0.2, 0.25) is 0 Å². The molecule has 1 fully saturated rings. The number of rotatable bonds is 3. The highest BCUT2D eigenvalue weighted by molar-refractivity contribution is 4.86. The Bertz CT molecular complexity index is 154. The van der Waals surface area contributed by atoms with Crippen LogP contribution in [-0.2, 0) is 9.47 Å². The molecular weight excluding hydrogens is 168 g/mol. The van der Waals surface area contributed by atoms with E-state index in [0.717, 1.165) is 0 Å². The summed E-state index contributed by atoms with van der Waals surface area (Å²) in [5.41, 5.74) is -0.665. The summed E-state index contributed by atoms with van der Waals surface area (Å²) in [7, 11) is 1.62. The van der Waals surface area contributed by atoms with Gasteiger partial charge in [-0.05, 0) is 5.92 Å². The van der Waals surface area contributed by atoms with Crippen molar-refractivity contribution in [3.63, 3.8) is 0 Å². The van der Waals surface area contributed by atoms with Crippen LogP contribution in [0.4, 0.5) is 0 Å². The Morgan fingerprint density at radius 3 is 2.85 bits per heavy atom. The molecule has 1 aliphatic rings. The minimum absolute atomic E-state index is 0.175. The minimum atomic E-state index is -0.665. The number of ether oxygens (including phenoxy) is 2. The van der Waals surface area contributed by atoms with E-state index in [4.69, 9.17) is 9.47 Å². The number of aliphatic hydroxyl groups is 1. The van der Waals surface area contributed by atoms with E-state index in [0.29, 0.717) is 32.0 Å². The molecule has 0 aromatic rings. The van der Waals surface area contributed by atoms with E-state index in [1.54, 1.807) is 7.11 Å². The summed E-state index contributed by atoms with van der Waals surface area (Å²) in [6.07, 6.45) is 1.55. The monoisotopic (exact) mass is 188 g/mol. The summed E-state index contributed by atoms with van der Waals surface area (Å²) in [6.45, 7) is 5.29. The fraction of sp³-hybridized carbons (Fsp3) is 1.00. The second-order valence-electron chi connectivity index (χ2n) is 4.26. The molecule has 0 saturated carbocycles. The maximum Gasteiger partial charge on any atom is 0.0926 e. The molecule has 0 aromatic heterocycles. The van der Waals surface area contributed by atoms with Crippen molar-refractivity contribution in [3.05, 3.63) is 0 Å². The average Bonchev–Trinajstić information content (AvgIpc) is 2.04. The Labute approximate surface area is 80.0 Å². The lowest BCUT2D eigenvalue weighted by Gasteiger charge is -2.38. The summed E-state index contributed by atoms with van der Waals surface area (Å²) in [4.78, 5) is 0. The molecule has 1 heterocycles. The maximum atomic E-state index is 10.1. The van der Waals surface area contributed by atoms with Crippen LogP contribution >= 0.6 is 0 Å². The predicted molar refractivity (Wildman–Crippen MR) is 50.6 cm³/mol. The van der Waals surface area contributed by atoms with Gasteiger partial charge in [0, 0.05) is 26.6 Å². The van der Waals surface area contributed by atoms with Crippen LogP contribution in [0.2, 0.25) is 0 Å². The van der Waals surface area contributed by atoms with E-state index < -0.39 is 5.60 Å². The summed E-state index contributed by atoms with van der Waals surface area (Å²) < 4.78 is 10.6. The van der Waals surface area contributed by atoms with Crippen LogP contribution in [0.3, 0.4) is 0 Å². The van der Waals surface area contributed by atoms with Crippen molar-refractivity contribution in [1.82, 2.24) is 0 Å². The summed E-state index contributed by atoms with van der Waals surface area (Å²) in [5, 5.41) is 10.1. The number of hydrogen-bond acceptors (Lipinski definition) is 3. The molecule has 0 amide bonds. The minimum Gasteiger partial charge on any atom is -0.387 e. The van der Waals surface area contributed by atoms with Crippen molar-refractivity contribution in [2.75, 3.05) is 20.3 Å². The molecule has 3 heteroatoms. The third kappa shape index (κ3) is 2.93. The van der Waals surface area contributed by atoms with Gasteiger partial charge in [-0.2, -0.15) is 0 Å². The second-order valence-corrected chi connectivity index (χ2v) is 4.26. The van der Waals surface area contributed by atoms with E-state index >= 15 is 0 Å². The second kappa shape index (κ2) is 4.40. The van der Waals surface area contributed by atoms with Crippen molar-refractivity contribution in [2.24, 2.45) is 5.92 Å². The van der Waals surface area contributed by atoms with Gasteiger partial charge < -0.3 is 14.6 Å². The van der Waals surface area contributed by atoms with Crippen LogP contribution in [0.1, 0.15) is 26.7 Å². The van der Waals surface area contributed by atoms with Crippen LogP contribution in [0.15, 0.2) is 0 Å². The standard InChI is InChI=1S/C10H20O3/c1-8(2)9-6-10(11,7-12-3)4-5-13-9/h8-9,11H,4-7H2,1-3H3. The molecule has 1 aliphatic heterocycles. The van der Waals surface area contributed by atoms with E-state index in [-0.39, 0.29) is 6.10 Å². The Balaban J connectivity index is 2.49. The lowest BCUT2D eigenvalue weighted by atomic mass is 9.87. The topological polar surface area (TPSA) is 38.7 Å². The smallest absolute Gasteiger partial charge is 0.0926 e. The largest absolute Gasteiger partial charge is 0.387 e. The normalized spacial score (nSPS) is 35.3. The van der Waals surface area contributed by atoms with Gasteiger partial charge in [0.1, 0.15) is 0 Å². The van der Waals surface area contributed by atoms with Crippen molar-refractivity contribution >= 4 is 0 Å². The first-order chi connectivity index (χ1) is 6.07. The Hall–Kier alpha value is -0.120. The van der Waals surface area contributed by atoms with Gasteiger partial charge in [-0.3, -0.25) is 0 Å². The Kier molecular flexibility index (Phi) is 3.71. The highest BCUT2D eigenvalue weighted by atomic mass is 16.5. The summed E-state index contributed by atoms with van der Waals surface area (Å²) >= 11 is 0. The van der Waals surface area contributed by atoms with Crippen molar-refractivity contribution in [2.45, 2.75) is 38.4 Å². The van der Waals surface area contributed by atoms with Crippen LogP contribution in [0.25, 0.3) is 0 Å². The van der Waals surface area contributed by atoms with Gasteiger partial charge in [-0.1, -0.05) is 13.8 Å². The third-order valence-corrected chi connectivity index (χ3v) is 2.64. The Morgan fingerprint density at radius 1 is 1.62 bits per heavy atom. The molecule has 1 rings (SSSR count). The molecule has 1 saturated heterocycles. The molecule has 0 bridgehead atoms. The fourth-order valence-corrected chi connectivity index (χ4v) is 1.76. The van der Waals surface area contributed by atoms with E-state index in [1.807, 2.05) is 0 Å². The quantitative estimate of drug-likeness (QED) is 0.723. The average molecular weight is 188 g/mol. The predicted octanol–water partition coefficient (Wildman–Crippen LogP) is 1.20. The van der Waals surface area contributed by atoms with Crippen molar-refractivity contribution in [3.8, 4) is 0 Å². The zero-order chi connectivity index (χ0) is 9.90. The molecule has 0 aliphatic carbocycles. The van der Waals surface area contributed by atoms with Crippen LogP contribution < -0.4 is 0 Å². The number of methoxy groups -OCH3 is 1. The fourth-order valence-electron chi connectivity index (χ4n) is 1.76. The summed E-state index contributed by atoms with van der Waals surface area (Å²) in [5.74, 6) is 0.462. The SMILES string of the molecule is COCC1(O)CCOC(C(C)C)C1. The third-order valence-electron chi connectivity index (χ3n) is 2.64. The molecule has 3 nitrogen and oxygen atoms in total. The van der Waals surface area contributed by atoms with Gasteiger partial charge >= 0.3 is 0 Å². The molecule has 2 atom stereocenters. The van der Waals surface area contributed by atoms with Crippen molar-refractivity contribution in [1.29, 1.82) is 0 Å². The van der Waals surface area contributed by atoms with Gasteiger partial charge in [-0.15, -0.1) is 0 Å². The molecular formula is C10H20O3. The molecule has 0 aromatic carbocycles. The highest BCUT2D eigenvalue weighted by Gasteiger charge is 2.36. The lowest BCUT2D eigenvalue weighted by Crippen LogP contribution is -2.45. The van der Waals surface area contributed by atoms with Gasteiger partial charge in [0.25, 0.3) is 0 Å². The van der Waals surface area contributed by atoms with Gasteiger partial charge in [0.05, 0.1) is 18.3 Å². The molecule has 0 radical (unpaired) electrons. The lowest BCUT2D eigenvalue weighted by molar-refractivity contribution is -0.140.